The van der Waals surface area contributed by atoms with Gasteiger partial charge in [-0.05, 0) is 83.1 Å². The standard InChI is InChI=1S/C25H19Cl2IN2O3/c1-2-32-23-13-17(11-18(14-29)25(31)30-22-6-4-3-5-20(22)26)12-21(27)24(23)33-15-16-7-9-19(28)10-8-16/h3-13H,2,15H2,1H3,(H,30,31)/b18-11+. The fourth-order valence-corrected chi connectivity index (χ4v) is 3.69. The molecule has 5 nitrogen and oxygen atoms in total. The predicted molar refractivity (Wildman–Crippen MR) is 140 cm³/mol. The summed E-state index contributed by atoms with van der Waals surface area (Å²) in [5.74, 6) is 0.234. The molecule has 0 aromatic heterocycles. The minimum absolute atomic E-state index is 0.110. The van der Waals surface area contributed by atoms with Crippen molar-refractivity contribution in [2.45, 2.75) is 13.5 Å². The lowest BCUT2D eigenvalue weighted by Crippen LogP contribution is -2.13. The van der Waals surface area contributed by atoms with Crippen molar-refractivity contribution in [3.8, 4) is 17.6 Å². The zero-order valence-corrected chi connectivity index (χ0v) is 21.2. The third-order valence-electron chi connectivity index (χ3n) is 4.43. The van der Waals surface area contributed by atoms with Gasteiger partial charge in [-0.1, -0.05) is 47.5 Å². The van der Waals surface area contributed by atoms with Gasteiger partial charge in [-0.3, -0.25) is 4.79 Å². The molecule has 0 saturated carbocycles. The Hall–Kier alpha value is -2.73. The molecular weight excluding hydrogens is 574 g/mol. The van der Waals surface area contributed by atoms with Crippen molar-refractivity contribution in [2.24, 2.45) is 0 Å². The van der Waals surface area contributed by atoms with Crippen molar-refractivity contribution in [1.29, 1.82) is 5.26 Å². The van der Waals surface area contributed by atoms with Crippen molar-refractivity contribution >= 4 is 63.5 Å². The maximum Gasteiger partial charge on any atom is 0.266 e. The van der Waals surface area contributed by atoms with E-state index in [-0.39, 0.29) is 5.57 Å². The average molecular weight is 593 g/mol. The minimum Gasteiger partial charge on any atom is -0.490 e. The molecule has 0 radical (unpaired) electrons. The molecule has 0 bridgehead atoms. The molecule has 0 aliphatic carbocycles. The Morgan fingerprint density at radius 1 is 1.09 bits per heavy atom. The van der Waals surface area contributed by atoms with Crippen LogP contribution >= 0.6 is 45.8 Å². The highest BCUT2D eigenvalue weighted by Gasteiger charge is 2.15. The smallest absolute Gasteiger partial charge is 0.266 e. The number of benzene rings is 3. The Labute approximate surface area is 216 Å². The first-order valence-electron chi connectivity index (χ1n) is 9.92. The van der Waals surface area contributed by atoms with E-state index in [4.69, 9.17) is 32.7 Å². The summed E-state index contributed by atoms with van der Waals surface area (Å²) >= 11 is 14.8. The van der Waals surface area contributed by atoms with Gasteiger partial charge in [-0.15, -0.1) is 0 Å². The van der Waals surface area contributed by atoms with Crippen molar-refractivity contribution in [3.63, 3.8) is 0 Å². The van der Waals surface area contributed by atoms with Crippen LogP contribution in [0.25, 0.3) is 6.08 Å². The maximum absolute atomic E-state index is 12.6. The number of rotatable bonds is 8. The summed E-state index contributed by atoms with van der Waals surface area (Å²) in [4.78, 5) is 12.6. The lowest BCUT2D eigenvalue weighted by atomic mass is 10.1. The van der Waals surface area contributed by atoms with Gasteiger partial charge in [0.15, 0.2) is 11.5 Å². The molecular formula is C25H19Cl2IN2O3. The van der Waals surface area contributed by atoms with Gasteiger partial charge >= 0.3 is 0 Å². The van der Waals surface area contributed by atoms with Crippen LogP contribution in [0.1, 0.15) is 18.1 Å². The molecule has 0 unspecified atom stereocenters. The Morgan fingerprint density at radius 3 is 2.48 bits per heavy atom. The number of hydrogen-bond acceptors (Lipinski definition) is 4. The predicted octanol–water partition coefficient (Wildman–Crippen LogP) is 7.12. The lowest BCUT2D eigenvalue weighted by Gasteiger charge is -2.15. The highest BCUT2D eigenvalue weighted by atomic mass is 127. The Kier molecular flexibility index (Phi) is 9.01. The van der Waals surface area contributed by atoms with Crippen molar-refractivity contribution in [2.75, 3.05) is 11.9 Å². The fraction of sp³-hybridized carbons (Fsp3) is 0.120. The van der Waals surface area contributed by atoms with Gasteiger partial charge in [0.2, 0.25) is 0 Å². The van der Waals surface area contributed by atoms with Crippen molar-refractivity contribution in [1.82, 2.24) is 0 Å². The van der Waals surface area contributed by atoms with Crippen LogP contribution in [-0.2, 0) is 11.4 Å². The first-order valence-corrected chi connectivity index (χ1v) is 11.8. The summed E-state index contributed by atoms with van der Waals surface area (Å²) in [5, 5.41) is 12.8. The molecule has 3 aromatic rings. The number of carbonyl (C=O) groups is 1. The summed E-state index contributed by atoms with van der Waals surface area (Å²) in [6.07, 6.45) is 1.43. The number of ether oxygens (including phenoxy) is 2. The first kappa shape index (κ1) is 24.9. The van der Waals surface area contributed by atoms with Gasteiger partial charge in [0.05, 0.1) is 22.3 Å². The van der Waals surface area contributed by atoms with E-state index in [0.29, 0.717) is 46.0 Å². The van der Waals surface area contributed by atoms with Gasteiger partial charge in [0.25, 0.3) is 5.91 Å². The van der Waals surface area contributed by atoms with Crippen LogP contribution in [0.15, 0.2) is 66.2 Å². The third kappa shape index (κ3) is 6.87. The van der Waals surface area contributed by atoms with E-state index in [9.17, 15) is 10.1 Å². The maximum atomic E-state index is 12.6. The van der Waals surface area contributed by atoms with Crippen LogP contribution in [0.4, 0.5) is 5.69 Å². The Morgan fingerprint density at radius 2 is 1.82 bits per heavy atom. The van der Waals surface area contributed by atoms with Crippen LogP contribution in [0.3, 0.4) is 0 Å². The summed E-state index contributed by atoms with van der Waals surface area (Å²) in [6.45, 7) is 2.55. The van der Waals surface area contributed by atoms with E-state index in [1.54, 1.807) is 36.4 Å². The molecule has 0 fully saturated rings. The molecule has 0 aliphatic heterocycles. The second-order valence-corrected chi connectivity index (χ2v) is 8.84. The van der Waals surface area contributed by atoms with Crippen LogP contribution in [0.5, 0.6) is 11.5 Å². The molecule has 0 spiro atoms. The van der Waals surface area contributed by atoms with E-state index in [1.165, 1.54) is 6.08 Å². The molecule has 0 aliphatic rings. The SMILES string of the molecule is CCOc1cc(/C=C(\C#N)C(=O)Nc2ccccc2Cl)cc(Cl)c1OCc1ccc(I)cc1. The molecule has 0 saturated heterocycles. The molecule has 0 atom stereocenters. The zero-order valence-electron chi connectivity index (χ0n) is 17.6. The molecule has 1 amide bonds. The topological polar surface area (TPSA) is 71.3 Å². The highest BCUT2D eigenvalue weighted by molar-refractivity contribution is 14.1. The number of nitrogens with one attached hydrogen (secondary N) is 1. The summed E-state index contributed by atoms with van der Waals surface area (Å²) in [7, 11) is 0. The van der Waals surface area contributed by atoms with Gasteiger partial charge in [0, 0.05) is 3.57 Å². The van der Waals surface area contributed by atoms with Gasteiger partial charge < -0.3 is 14.8 Å². The van der Waals surface area contributed by atoms with Gasteiger partial charge in [-0.25, -0.2) is 0 Å². The van der Waals surface area contributed by atoms with Crippen molar-refractivity contribution in [3.05, 3.63) is 91.0 Å². The summed E-state index contributed by atoms with van der Waals surface area (Å²) in [5.41, 5.74) is 1.82. The van der Waals surface area contributed by atoms with Crippen LogP contribution < -0.4 is 14.8 Å². The molecule has 3 aromatic carbocycles. The van der Waals surface area contributed by atoms with E-state index in [1.807, 2.05) is 37.3 Å². The average Bonchev–Trinajstić information content (AvgIpc) is 2.79. The number of para-hydroxylation sites is 1. The minimum atomic E-state index is -0.585. The lowest BCUT2D eigenvalue weighted by molar-refractivity contribution is -0.112. The highest BCUT2D eigenvalue weighted by Crippen LogP contribution is 2.38. The van der Waals surface area contributed by atoms with E-state index < -0.39 is 5.91 Å². The number of nitrogens with zero attached hydrogens (tertiary/aromatic N) is 1. The number of amides is 1. The molecule has 33 heavy (non-hydrogen) atoms. The second-order valence-electron chi connectivity index (χ2n) is 6.78. The largest absolute Gasteiger partial charge is 0.490 e. The monoisotopic (exact) mass is 592 g/mol. The quantitative estimate of drug-likeness (QED) is 0.172. The number of nitriles is 1. The number of halogens is 3. The molecule has 1 N–H and O–H groups in total. The van der Waals surface area contributed by atoms with Crippen LogP contribution in [0.2, 0.25) is 10.0 Å². The van der Waals surface area contributed by atoms with Crippen molar-refractivity contribution < 1.29 is 14.3 Å². The number of anilines is 1. The molecule has 3 rings (SSSR count). The second kappa shape index (κ2) is 11.9. The van der Waals surface area contributed by atoms with Crippen LogP contribution in [-0.4, -0.2) is 12.5 Å². The number of hydrogen-bond donors (Lipinski definition) is 1. The number of carbonyl (C=O) groups excluding carboxylic acids is 1. The Balaban J connectivity index is 1.85. The molecule has 168 valence electrons. The summed E-state index contributed by atoms with van der Waals surface area (Å²) < 4.78 is 12.8. The van der Waals surface area contributed by atoms with E-state index in [0.717, 1.165) is 9.13 Å². The summed E-state index contributed by atoms with van der Waals surface area (Å²) in [6, 6.07) is 19.9. The fourth-order valence-electron chi connectivity index (χ4n) is 2.88. The first-order chi connectivity index (χ1) is 15.9. The molecule has 0 heterocycles. The van der Waals surface area contributed by atoms with Gasteiger partial charge in [-0.2, -0.15) is 5.26 Å². The third-order valence-corrected chi connectivity index (χ3v) is 5.76. The normalized spacial score (nSPS) is 10.9. The van der Waals surface area contributed by atoms with E-state index >= 15 is 0 Å². The van der Waals surface area contributed by atoms with E-state index in [2.05, 4.69) is 27.9 Å². The molecule has 8 heteroatoms. The zero-order chi connectivity index (χ0) is 23.8. The van der Waals surface area contributed by atoms with Crippen LogP contribution in [0, 0.1) is 14.9 Å². The Bertz CT molecular complexity index is 1220. The van der Waals surface area contributed by atoms with Gasteiger partial charge in [0.1, 0.15) is 18.2 Å².